The zero-order valence-corrected chi connectivity index (χ0v) is 16.0. The van der Waals surface area contributed by atoms with Crippen LogP contribution in [0.3, 0.4) is 0 Å². The lowest BCUT2D eigenvalue weighted by atomic mass is 10.1. The molecule has 0 saturated carbocycles. The molecule has 1 aromatic carbocycles. The molecule has 2 aromatic rings. The molecule has 0 atom stereocenters. The molecule has 0 unspecified atom stereocenters. The van der Waals surface area contributed by atoms with Gasteiger partial charge in [0.05, 0.1) is 7.11 Å². The molecule has 1 aromatic heterocycles. The van der Waals surface area contributed by atoms with Crippen LogP contribution in [0.1, 0.15) is 34.5 Å². The molecule has 1 aliphatic rings. The van der Waals surface area contributed by atoms with Crippen molar-refractivity contribution in [3.8, 4) is 11.1 Å². The SMILES string of the molecule is COC(=O)c1scc(-c2ccc(C)cc2)c1S(=O)(=O)N1CCCCC1. The molecule has 0 radical (unpaired) electrons. The van der Waals surface area contributed by atoms with Crippen LogP contribution in [0.15, 0.2) is 34.5 Å². The van der Waals surface area contributed by atoms with Crippen LogP contribution in [0, 0.1) is 6.92 Å². The van der Waals surface area contributed by atoms with Gasteiger partial charge in [0.25, 0.3) is 0 Å². The molecule has 0 amide bonds. The molecule has 25 heavy (non-hydrogen) atoms. The number of piperidine rings is 1. The maximum Gasteiger partial charge on any atom is 0.349 e. The minimum Gasteiger partial charge on any atom is -0.465 e. The average Bonchev–Trinajstić information content (AvgIpc) is 3.08. The monoisotopic (exact) mass is 379 g/mol. The highest BCUT2D eigenvalue weighted by atomic mass is 32.2. The van der Waals surface area contributed by atoms with Gasteiger partial charge in [0, 0.05) is 24.0 Å². The summed E-state index contributed by atoms with van der Waals surface area (Å²) >= 11 is 1.12. The summed E-state index contributed by atoms with van der Waals surface area (Å²) in [4.78, 5) is 12.4. The minimum atomic E-state index is -3.75. The number of hydrogen-bond donors (Lipinski definition) is 0. The number of ether oxygens (including phenoxy) is 1. The van der Waals surface area contributed by atoms with Gasteiger partial charge in [-0.25, -0.2) is 13.2 Å². The van der Waals surface area contributed by atoms with E-state index in [-0.39, 0.29) is 9.77 Å². The fourth-order valence-electron chi connectivity index (χ4n) is 3.00. The van der Waals surface area contributed by atoms with Gasteiger partial charge in [0.2, 0.25) is 10.0 Å². The van der Waals surface area contributed by atoms with E-state index in [1.165, 1.54) is 11.4 Å². The third kappa shape index (κ3) is 3.49. The van der Waals surface area contributed by atoms with Gasteiger partial charge >= 0.3 is 5.97 Å². The first-order valence-corrected chi connectivity index (χ1v) is 10.5. The second kappa shape index (κ2) is 7.27. The van der Waals surface area contributed by atoms with Crippen LogP contribution >= 0.6 is 11.3 Å². The Morgan fingerprint density at radius 3 is 2.36 bits per heavy atom. The summed E-state index contributed by atoms with van der Waals surface area (Å²) in [6.45, 7) is 2.96. The second-order valence-corrected chi connectivity index (χ2v) is 8.88. The Kier molecular flexibility index (Phi) is 5.27. The van der Waals surface area contributed by atoms with Gasteiger partial charge < -0.3 is 4.74 Å². The number of aryl methyl sites for hydroxylation is 1. The molecule has 1 fully saturated rings. The van der Waals surface area contributed by atoms with Crippen molar-refractivity contribution in [2.24, 2.45) is 0 Å². The summed E-state index contributed by atoms with van der Waals surface area (Å²) in [5.74, 6) is -0.612. The van der Waals surface area contributed by atoms with Crippen molar-refractivity contribution in [3.05, 3.63) is 40.1 Å². The van der Waals surface area contributed by atoms with Gasteiger partial charge in [-0.1, -0.05) is 36.2 Å². The summed E-state index contributed by atoms with van der Waals surface area (Å²) in [7, 11) is -2.48. The van der Waals surface area contributed by atoms with Gasteiger partial charge in [-0.05, 0) is 25.3 Å². The Morgan fingerprint density at radius 2 is 1.76 bits per heavy atom. The van der Waals surface area contributed by atoms with E-state index < -0.39 is 16.0 Å². The zero-order chi connectivity index (χ0) is 18.0. The molecule has 1 saturated heterocycles. The number of benzene rings is 1. The van der Waals surface area contributed by atoms with Crippen molar-refractivity contribution < 1.29 is 17.9 Å². The zero-order valence-electron chi connectivity index (χ0n) is 14.3. The van der Waals surface area contributed by atoms with Gasteiger partial charge in [-0.3, -0.25) is 0 Å². The lowest BCUT2D eigenvalue weighted by Gasteiger charge is -2.26. The first-order valence-electron chi connectivity index (χ1n) is 8.22. The quantitative estimate of drug-likeness (QED) is 0.760. The van der Waals surface area contributed by atoms with Gasteiger partial charge in [0.15, 0.2) is 0 Å². The lowest BCUT2D eigenvalue weighted by Crippen LogP contribution is -2.36. The highest BCUT2D eigenvalue weighted by molar-refractivity contribution is 7.89. The summed E-state index contributed by atoms with van der Waals surface area (Å²) in [6, 6.07) is 7.63. The standard InChI is InChI=1S/C18H21NO4S2/c1-13-6-8-14(9-7-13)15-12-24-16(18(20)23-2)17(15)25(21,22)19-10-4-3-5-11-19/h6-9,12H,3-5,10-11H2,1-2H3. The van der Waals surface area contributed by atoms with E-state index >= 15 is 0 Å². The molecular weight excluding hydrogens is 358 g/mol. The normalized spacial score (nSPS) is 15.9. The number of methoxy groups -OCH3 is 1. The van der Waals surface area contributed by atoms with Crippen LogP contribution in [0.4, 0.5) is 0 Å². The Hall–Kier alpha value is -1.70. The first-order chi connectivity index (χ1) is 11.9. The highest BCUT2D eigenvalue weighted by Crippen LogP contribution is 2.38. The Balaban J connectivity index is 2.16. The molecule has 2 heterocycles. The maximum atomic E-state index is 13.3. The number of nitrogens with zero attached hydrogens (tertiary/aromatic N) is 1. The Bertz CT molecular complexity index is 863. The lowest BCUT2D eigenvalue weighted by molar-refractivity contribution is 0.0602. The van der Waals surface area contributed by atoms with E-state index in [1.54, 1.807) is 5.38 Å². The Morgan fingerprint density at radius 1 is 1.12 bits per heavy atom. The molecule has 0 N–H and O–H groups in total. The molecule has 134 valence electrons. The fraction of sp³-hybridized carbons (Fsp3) is 0.389. The molecule has 0 spiro atoms. The third-order valence-electron chi connectivity index (χ3n) is 4.39. The Labute approximate surface area is 152 Å². The molecule has 1 aliphatic heterocycles. The van der Waals surface area contributed by atoms with E-state index in [0.29, 0.717) is 18.7 Å². The van der Waals surface area contributed by atoms with Crippen LogP contribution in [0.2, 0.25) is 0 Å². The summed E-state index contributed by atoms with van der Waals surface area (Å²) in [5, 5.41) is 1.73. The van der Waals surface area contributed by atoms with Crippen LogP contribution in [-0.4, -0.2) is 38.9 Å². The number of thiophene rings is 1. The third-order valence-corrected chi connectivity index (χ3v) is 7.47. The number of sulfonamides is 1. The van der Waals surface area contributed by atoms with E-state index in [2.05, 4.69) is 0 Å². The largest absolute Gasteiger partial charge is 0.465 e. The van der Waals surface area contributed by atoms with Gasteiger partial charge in [0.1, 0.15) is 9.77 Å². The van der Waals surface area contributed by atoms with Gasteiger partial charge in [-0.2, -0.15) is 4.31 Å². The van der Waals surface area contributed by atoms with Crippen molar-refractivity contribution in [2.75, 3.05) is 20.2 Å². The van der Waals surface area contributed by atoms with Crippen molar-refractivity contribution >= 4 is 27.3 Å². The van der Waals surface area contributed by atoms with Gasteiger partial charge in [-0.15, -0.1) is 11.3 Å². The predicted octanol–water partition coefficient (Wildman–Crippen LogP) is 3.68. The highest BCUT2D eigenvalue weighted by Gasteiger charge is 2.34. The van der Waals surface area contributed by atoms with Crippen molar-refractivity contribution in [3.63, 3.8) is 0 Å². The van der Waals surface area contributed by atoms with Crippen LogP contribution < -0.4 is 0 Å². The van der Waals surface area contributed by atoms with E-state index in [0.717, 1.165) is 41.7 Å². The summed E-state index contributed by atoms with van der Waals surface area (Å²) in [6.07, 6.45) is 2.72. The molecular formula is C18H21NO4S2. The average molecular weight is 380 g/mol. The van der Waals surface area contributed by atoms with Crippen LogP contribution in [-0.2, 0) is 14.8 Å². The predicted molar refractivity (Wildman–Crippen MR) is 98.4 cm³/mol. The maximum absolute atomic E-state index is 13.3. The summed E-state index contributed by atoms with van der Waals surface area (Å²) < 4.78 is 32.9. The molecule has 0 bridgehead atoms. The number of rotatable bonds is 4. The van der Waals surface area contributed by atoms with Crippen molar-refractivity contribution in [2.45, 2.75) is 31.1 Å². The number of esters is 1. The molecule has 5 nitrogen and oxygen atoms in total. The molecule has 0 aliphatic carbocycles. The number of carbonyl (C=O) groups excluding carboxylic acids is 1. The van der Waals surface area contributed by atoms with Crippen LogP contribution in [0.5, 0.6) is 0 Å². The van der Waals surface area contributed by atoms with Crippen molar-refractivity contribution in [1.29, 1.82) is 0 Å². The van der Waals surface area contributed by atoms with Crippen molar-refractivity contribution in [1.82, 2.24) is 4.31 Å². The number of hydrogen-bond acceptors (Lipinski definition) is 5. The van der Waals surface area contributed by atoms with E-state index in [1.807, 2.05) is 31.2 Å². The minimum absolute atomic E-state index is 0.0788. The second-order valence-electron chi connectivity index (χ2n) is 6.13. The molecule has 7 heteroatoms. The topological polar surface area (TPSA) is 63.7 Å². The number of carbonyl (C=O) groups is 1. The van der Waals surface area contributed by atoms with Crippen LogP contribution in [0.25, 0.3) is 11.1 Å². The smallest absolute Gasteiger partial charge is 0.349 e. The fourth-order valence-corrected chi connectivity index (χ4v) is 6.19. The van der Waals surface area contributed by atoms with E-state index in [4.69, 9.17) is 4.74 Å². The summed E-state index contributed by atoms with van der Waals surface area (Å²) in [5.41, 5.74) is 2.44. The molecule has 3 rings (SSSR count). The van der Waals surface area contributed by atoms with E-state index in [9.17, 15) is 13.2 Å². The first kappa shape index (κ1) is 18.1.